The maximum absolute atomic E-state index is 12.9. The Hall–Kier alpha value is -1.59. The van der Waals surface area contributed by atoms with Crippen LogP contribution in [-0.2, 0) is 16.1 Å². The van der Waals surface area contributed by atoms with Gasteiger partial charge in [-0.25, -0.2) is 0 Å². The average Bonchev–Trinajstić information content (AvgIpc) is 2.65. The van der Waals surface area contributed by atoms with Gasteiger partial charge in [-0.15, -0.1) is 0 Å². The van der Waals surface area contributed by atoms with Crippen LogP contribution < -0.4 is 10.1 Å². The molecule has 1 aromatic carbocycles. The van der Waals surface area contributed by atoms with Crippen LogP contribution in [0.1, 0.15) is 44.1 Å². The lowest BCUT2D eigenvalue weighted by atomic mass is 9.49. The molecule has 4 aliphatic carbocycles. The first-order valence-electron chi connectivity index (χ1n) is 10.2. The number of ether oxygens (including phenoxy) is 2. The third kappa shape index (κ3) is 4.14. The summed E-state index contributed by atoms with van der Waals surface area (Å²) in [5, 5.41) is 13.2. The number of amides is 1. The minimum Gasteiger partial charge on any atom is -0.497 e. The van der Waals surface area contributed by atoms with E-state index in [2.05, 4.69) is 5.32 Å². The van der Waals surface area contributed by atoms with Crippen molar-refractivity contribution in [3.8, 4) is 5.75 Å². The van der Waals surface area contributed by atoms with Gasteiger partial charge in [-0.1, -0.05) is 12.1 Å². The van der Waals surface area contributed by atoms with Crippen LogP contribution in [0.25, 0.3) is 0 Å². The maximum atomic E-state index is 12.9. The van der Waals surface area contributed by atoms with E-state index in [-0.39, 0.29) is 24.5 Å². The number of aliphatic hydroxyl groups excluding tert-OH is 1. The number of hydrogen-bond donors (Lipinski definition) is 2. The van der Waals surface area contributed by atoms with Gasteiger partial charge in [-0.3, -0.25) is 4.79 Å². The molecular formula is C22H31NO4. The van der Waals surface area contributed by atoms with Gasteiger partial charge in [-0.2, -0.15) is 0 Å². The Bertz CT molecular complexity index is 621. The molecule has 0 radical (unpaired) electrons. The summed E-state index contributed by atoms with van der Waals surface area (Å²) in [6.07, 6.45) is 6.46. The predicted octanol–water partition coefficient (Wildman–Crippen LogP) is 2.91. The van der Waals surface area contributed by atoms with Crippen LogP contribution in [0, 0.1) is 23.2 Å². The molecule has 1 unspecified atom stereocenters. The lowest BCUT2D eigenvalue weighted by Gasteiger charge is -2.55. The molecule has 0 spiro atoms. The van der Waals surface area contributed by atoms with Crippen molar-refractivity contribution in [2.45, 2.75) is 51.2 Å². The Morgan fingerprint density at radius 1 is 1.15 bits per heavy atom. The molecule has 0 aliphatic heterocycles. The van der Waals surface area contributed by atoms with Crippen molar-refractivity contribution in [1.29, 1.82) is 0 Å². The molecule has 0 aromatic heterocycles. The maximum Gasteiger partial charge on any atom is 0.226 e. The van der Waals surface area contributed by atoms with Crippen LogP contribution in [0.15, 0.2) is 24.3 Å². The third-order valence-electron chi connectivity index (χ3n) is 6.76. The summed E-state index contributed by atoms with van der Waals surface area (Å²) >= 11 is 0. The summed E-state index contributed by atoms with van der Waals surface area (Å²) in [6, 6.07) is 7.67. The molecule has 1 atom stereocenters. The molecule has 4 fully saturated rings. The van der Waals surface area contributed by atoms with E-state index in [9.17, 15) is 9.90 Å². The van der Waals surface area contributed by atoms with Crippen LogP contribution >= 0.6 is 0 Å². The summed E-state index contributed by atoms with van der Waals surface area (Å²) in [6.45, 7) is 0.917. The van der Waals surface area contributed by atoms with Crippen LogP contribution in [0.2, 0.25) is 0 Å². The zero-order chi connectivity index (χ0) is 18.9. The van der Waals surface area contributed by atoms with Gasteiger partial charge in [0.15, 0.2) is 0 Å². The van der Waals surface area contributed by atoms with Crippen LogP contribution in [0.3, 0.4) is 0 Å². The minimum absolute atomic E-state index is 0.154. The van der Waals surface area contributed by atoms with Crippen LogP contribution in [0.5, 0.6) is 5.75 Å². The highest BCUT2D eigenvalue weighted by Crippen LogP contribution is 2.60. The molecule has 1 amide bonds. The lowest BCUT2D eigenvalue weighted by Crippen LogP contribution is -2.54. The van der Waals surface area contributed by atoms with Gasteiger partial charge in [0.2, 0.25) is 5.91 Å². The molecule has 4 aliphatic rings. The summed E-state index contributed by atoms with van der Waals surface area (Å²) in [5.74, 6) is 3.22. The van der Waals surface area contributed by atoms with E-state index in [1.807, 2.05) is 24.3 Å². The topological polar surface area (TPSA) is 67.8 Å². The van der Waals surface area contributed by atoms with Crippen molar-refractivity contribution < 1.29 is 19.4 Å². The highest BCUT2D eigenvalue weighted by atomic mass is 16.5. The second kappa shape index (κ2) is 7.80. The van der Waals surface area contributed by atoms with E-state index in [1.165, 1.54) is 19.3 Å². The summed E-state index contributed by atoms with van der Waals surface area (Å²) in [4.78, 5) is 12.9. The number of methoxy groups -OCH3 is 1. The zero-order valence-electron chi connectivity index (χ0n) is 16.2. The number of rotatable bonds is 8. The predicted molar refractivity (Wildman–Crippen MR) is 102 cm³/mol. The minimum atomic E-state index is -0.680. The Balaban J connectivity index is 1.20. The van der Waals surface area contributed by atoms with Crippen molar-refractivity contribution >= 4 is 5.91 Å². The number of hydrogen-bond acceptors (Lipinski definition) is 4. The number of benzene rings is 1. The summed E-state index contributed by atoms with van der Waals surface area (Å²) in [5.41, 5.74) is 0.874. The molecule has 5 rings (SSSR count). The highest BCUT2D eigenvalue weighted by molar-refractivity contribution is 5.83. The molecule has 5 heteroatoms. The van der Waals surface area contributed by atoms with Crippen molar-refractivity contribution in [1.82, 2.24) is 5.32 Å². The molecule has 2 N–H and O–H groups in total. The fourth-order valence-electron chi connectivity index (χ4n) is 5.88. The van der Waals surface area contributed by atoms with Gasteiger partial charge in [0.05, 0.1) is 26.4 Å². The number of carbonyl (C=O) groups is 1. The summed E-state index contributed by atoms with van der Waals surface area (Å²) < 4.78 is 10.7. The molecule has 4 bridgehead atoms. The molecule has 27 heavy (non-hydrogen) atoms. The standard InChI is InChI=1S/C22H31NO4/c1-26-20-4-2-15(3-5-20)13-27-14-19(24)12-23-21(25)22-9-16-6-17(10-22)8-18(7-16)11-22/h2-5,16-19,24H,6-14H2,1H3,(H,23,25). The number of aliphatic hydroxyl groups is 1. The molecule has 0 heterocycles. The van der Waals surface area contributed by atoms with E-state index in [1.54, 1.807) is 7.11 Å². The highest BCUT2D eigenvalue weighted by Gasteiger charge is 2.54. The van der Waals surface area contributed by atoms with E-state index in [0.29, 0.717) is 6.61 Å². The second-order valence-electron chi connectivity index (χ2n) is 8.92. The van der Waals surface area contributed by atoms with Gasteiger partial charge < -0.3 is 19.9 Å². The molecule has 148 valence electrons. The fraction of sp³-hybridized carbons (Fsp3) is 0.682. The first-order valence-corrected chi connectivity index (χ1v) is 10.2. The van der Waals surface area contributed by atoms with E-state index < -0.39 is 6.10 Å². The van der Waals surface area contributed by atoms with Gasteiger partial charge in [0.1, 0.15) is 5.75 Å². The molecule has 1 aromatic rings. The molecule has 0 saturated heterocycles. The van der Waals surface area contributed by atoms with Gasteiger partial charge in [0, 0.05) is 12.0 Å². The smallest absolute Gasteiger partial charge is 0.226 e. The first kappa shape index (κ1) is 18.8. The Labute approximate surface area is 161 Å². The molecular weight excluding hydrogens is 342 g/mol. The number of carbonyl (C=O) groups excluding carboxylic acids is 1. The summed E-state index contributed by atoms with van der Waals surface area (Å²) in [7, 11) is 1.64. The van der Waals surface area contributed by atoms with E-state index in [4.69, 9.17) is 9.47 Å². The monoisotopic (exact) mass is 373 g/mol. The zero-order valence-corrected chi connectivity index (χ0v) is 16.2. The first-order chi connectivity index (χ1) is 13.1. The van der Waals surface area contributed by atoms with E-state index >= 15 is 0 Å². The van der Waals surface area contributed by atoms with Gasteiger partial charge >= 0.3 is 0 Å². The van der Waals surface area contributed by atoms with Gasteiger partial charge in [0.25, 0.3) is 0 Å². The Morgan fingerprint density at radius 2 is 1.74 bits per heavy atom. The van der Waals surface area contributed by atoms with Crippen LogP contribution in [0.4, 0.5) is 0 Å². The number of nitrogens with one attached hydrogen (secondary N) is 1. The van der Waals surface area contributed by atoms with E-state index in [0.717, 1.165) is 48.3 Å². The van der Waals surface area contributed by atoms with Gasteiger partial charge in [-0.05, 0) is 74.0 Å². The normalized spacial score (nSPS) is 32.3. The fourth-order valence-corrected chi connectivity index (χ4v) is 5.88. The van der Waals surface area contributed by atoms with Crippen molar-refractivity contribution in [2.24, 2.45) is 23.2 Å². The SMILES string of the molecule is COc1ccc(COCC(O)CNC(=O)C23CC4CC(CC(C4)C2)C3)cc1. The Morgan fingerprint density at radius 3 is 2.30 bits per heavy atom. The lowest BCUT2D eigenvalue weighted by molar-refractivity contribution is -0.146. The van der Waals surface area contributed by atoms with Crippen molar-refractivity contribution in [3.05, 3.63) is 29.8 Å². The second-order valence-corrected chi connectivity index (χ2v) is 8.92. The third-order valence-corrected chi connectivity index (χ3v) is 6.76. The van der Waals surface area contributed by atoms with Crippen molar-refractivity contribution in [2.75, 3.05) is 20.3 Å². The Kier molecular flexibility index (Phi) is 5.42. The average molecular weight is 373 g/mol. The van der Waals surface area contributed by atoms with Crippen molar-refractivity contribution in [3.63, 3.8) is 0 Å². The molecule has 5 nitrogen and oxygen atoms in total. The quantitative estimate of drug-likeness (QED) is 0.735. The van der Waals surface area contributed by atoms with Crippen LogP contribution in [-0.4, -0.2) is 37.4 Å². The molecule has 4 saturated carbocycles. The largest absolute Gasteiger partial charge is 0.497 e.